The fraction of sp³-hybridized carbons (Fsp3) is 0.163. The first kappa shape index (κ1) is 38.5. The van der Waals surface area contributed by atoms with Crippen molar-refractivity contribution in [1.82, 2.24) is 9.97 Å². The quantitative estimate of drug-likeness (QED) is 0.110. The van der Waals surface area contributed by atoms with Crippen molar-refractivity contribution in [3.8, 4) is 34.5 Å². The highest BCUT2D eigenvalue weighted by atomic mass is 18.2. The standard InChI is InChI=1S/C22H21FN2O3.C21H20N2O3/c1-17(26)25(16-18-7-5-6-10-21(18)27-14-12-23)20-15-24-13-11-22(20)28-19-8-3-2-4-9-19;1-16(24)23(15-17-8-6-7-11-20(17)25-2)19-14-22-13-12-21(19)26-18-9-4-3-5-10-18/h2-11,13,15H,12,14,16H2,1H3;3-14H,15H2,1-2H3/i23-1;2-1. The maximum Gasteiger partial charge on any atom is 0.224 e. The van der Waals surface area contributed by atoms with Crippen molar-refractivity contribution in [2.75, 3.05) is 30.2 Å². The fourth-order valence-electron chi connectivity index (χ4n) is 5.39. The molecule has 2 aromatic heterocycles. The Hall–Kier alpha value is -6.75. The smallest absolute Gasteiger partial charge is 0.224 e. The van der Waals surface area contributed by atoms with E-state index in [-0.39, 0.29) is 25.0 Å². The van der Waals surface area contributed by atoms with Crippen LogP contribution in [0.3, 0.4) is 0 Å². The van der Waals surface area contributed by atoms with Gasteiger partial charge in [-0.1, -0.05) is 72.8 Å². The second-order valence-electron chi connectivity index (χ2n) is 11.7. The largest absolute Gasteiger partial charge is 0.496 e. The SMILES string of the molecule is CC(=O)N(Cc1ccccc1OCC[18F])c1cnccc1Oc1ccccc1.CC(=O)N(Cc1ccccc1O[11CH3])c1cnccc1Oc1ccccc1. The Labute approximate surface area is 314 Å². The molecule has 276 valence electrons. The molecular formula is C43H41FN4O6. The first-order chi connectivity index (χ1) is 26.4. The zero-order valence-corrected chi connectivity index (χ0v) is 30.3. The maximum atomic E-state index is 12.5. The van der Waals surface area contributed by atoms with Crippen LogP contribution in [-0.4, -0.2) is 42.2 Å². The summed E-state index contributed by atoms with van der Waals surface area (Å²) in [5, 5.41) is 0. The third kappa shape index (κ3) is 10.6. The van der Waals surface area contributed by atoms with Gasteiger partial charge in [0.05, 0.1) is 32.6 Å². The lowest BCUT2D eigenvalue weighted by atomic mass is 10.1. The summed E-state index contributed by atoms with van der Waals surface area (Å²) in [6, 6.07) is 37.1. The van der Waals surface area contributed by atoms with Crippen LogP contribution in [0.4, 0.5) is 15.8 Å². The second kappa shape index (κ2) is 19.7. The summed E-state index contributed by atoms with van der Waals surface area (Å²) in [6.45, 7) is 2.98. The normalized spacial score (nSPS) is 10.3. The lowest BCUT2D eigenvalue weighted by Gasteiger charge is -2.24. The predicted octanol–water partition coefficient (Wildman–Crippen LogP) is 9.21. The number of anilines is 2. The molecule has 4 aromatic carbocycles. The first-order valence-electron chi connectivity index (χ1n) is 17.2. The van der Waals surface area contributed by atoms with Gasteiger partial charge in [0.2, 0.25) is 11.8 Å². The Balaban J connectivity index is 0.000000208. The number of nitrogens with zero attached hydrogens (tertiary/aromatic N) is 4. The summed E-state index contributed by atoms with van der Waals surface area (Å²) >= 11 is 0. The molecule has 11 heteroatoms. The van der Waals surface area contributed by atoms with Gasteiger partial charge in [-0.15, -0.1) is 0 Å². The number of alkyl halides is 1. The zero-order valence-electron chi connectivity index (χ0n) is 30.3. The van der Waals surface area contributed by atoms with E-state index in [1.807, 2.05) is 103 Å². The summed E-state index contributed by atoms with van der Waals surface area (Å²) in [7, 11) is 1.62. The number of methoxy groups -OCH3 is 1. The summed E-state index contributed by atoms with van der Waals surface area (Å²) in [5.41, 5.74) is 2.81. The zero-order chi connectivity index (χ0) is 38.1. The van der Waals surface area contributed by atoms with Crippen molar-refractivity contribution in [2.24, 2.45) is 0 Å². The van der Waals surface area contributed by atoms with E-state index in [0.717, 1.165) is 16.9 Å². The number of carbonyl (C=O) groups is 2. The molecule has 0 N–H and O–H groups in total. The molecule has 6 aromatic rings. The van der Waals surface area contributed by atoms with Crippen molar-refractivity contribution in [3.05, 3.63) is 157 Å². The number of carbonyl (C=O) groups excluding carboxylic acids is 2. The molecule has 0 saturated carbocycles. The number of amides is 2. The van der Waals surface area contributed by atoms with E-state index in [1.54, 1.807) is 59.9 Å². The number of benzene rings is 4. The molecule has 54 heavy (non-hydrogen) atoms. The Morgan fingerprint density at radius 1 is 0.574 bits per heavy atom. The van der Waals surface area contributed by atoms with E-state index in [9.17, 15) is 14.0 Å². The minimum Gasteiger partial charge on any atom is -0.496 e. The van der Waals surface area contributed by atoms with Gasteiger partial charge in [0, 0.05) is 49.5 Å². The number of hydrogen-bond donors (Lipinski definition) is 0. The molecule has 10 nitrogen and oxygen atoms in total. The lowest BCUT2D eigenvalue weighted by Crippen LogP contribution is -2.28. The van der Waals surface area contributed by atoms with E-state index in [1.165, 1.54) is 13.8 Å². The number of aromatic nitrogens is 2. The van der Waals surface area contributed by atoms with Gasteiger partial charge >= 0.3 is 0 Å². The first-order valence-corrected chi connectivity index (χ1v) is 17.2. The van der Waals surface area contributed by atoms with Crippen LogP contribution in [-0.2, 0) is 22.7 Å². The number of pyridine rings is 2. The number of ether oxygens (including phenoxy) is 4. The van der Waals surface area contributed by atoms with Gasteiger partial charge < -0.3 is 28.7 Å². The van der Waals surface area contributed by atoms with E-state index >= 15 is 0 Å². The van der Waals surface area contributed by atoms with Gasteiger partial charge in [-0.05, 0) is 36.4 Å². The molecule has 0 saturated heterocycles. The minimum absolute atomic E-state index is 0.0354. The van der Waals surface area contributed by atoms with Crippen LogP contribution in [0, 0.1) is 0 Å². The Morgan fingerprint density at radius 2 is 1.00 bits per heavy atom. The lowest BCUT2D eigenvalue weighted by molar-refractivity contribution is -0.117. The molecule has 0 aliphatic carbocycles. The highest BCUT2D eigenvalue weighted by molar-refractivity contribution is 5.93. The minimum atomic E-state index is -0.581. The predicted molar refractivity (Wildman–Crippen MR) is 206 cm³/mol. The number of halogens is 1. The van der Waals surface area contributed by atoms with Crippen LogP contribution < -0.4 is 28.7 Å². The van der Waals surface area contributed by atoms with Crippen molar-refractivity contribution < 1.29 is 32.9 Å². The summed E-state index contributed by atoms with van der Waals surface area (Å²) in [6.07, 6.45) is 6.47. The van der Waals surface area contributed by atoms with E-state index in [2.05, 4.69) is 9.97 Å². The topological polar surface area (TPSA) is 103 Å². The molecule has 2 amide bonds. The van der Waals surface area contributed by atoms with Gasteiger partial charge in [0.1, 0.15) is 47.7 Å². The Kier molecular flexibility index (Phi) is 14.1. The molecule has 6 rings (SSSR count). The molecule has 0 radical (unpaired) electrons. The van der Waals surface area contributed by atoms with Crippen molar-refractivity contribution in [2.45, 2.75) is 26.9 Å². The molecule has 0 aliphatic rings. The number of hydrogen-bond acceptors (Lipinski definition) is 8. The van der Waals surface area contributed by atoms with E-state index in [0.29, 0.717) is 46.7 Å². The van der Waals surface area contributed by atoms with Crippen molar-refractivity contribution >= 4 is 23.2 Å². The highest BCUT2D eigenvalue weighted by Crippen LogP contribution is 2.35. The third-order valence-electron chi connectivity index (χ3n) is 7.96. The van der Waals surface area contributed by atoms with Crippen LogP contribution in [0.1, 0.15) is 25.0 Å². The van der Waals surface area contributed by atoms with E-state index < -0.39 is 6.67 Å². The molecule has 0 atom stereocenters. The average molecular weight is 727 g/mol. The Morgan fingerprint density at radius 3 is 1.44 bits per heavy atom. The van der Waals surface area contributed by atoms with Crippen LogP contribution in [0.5, 0.6) is 34.5 Å². The monoisotopic (exact) mass is 726 g/mol. The van der Waals surface area contributed by atoms with E-state index in [4.69, 9.17) is 18.9 Å². The molecule has 0 spiro atoms. The number of rotatable bonds is 14. The van der Waals surface area contributed by atoms with Crippen LogP contribution in [0.15, 0.2) is 146 Å². The molecule has 0 bridgehead atoms. The number of para-hydroxylation sites is 4. The third-order valence-corrected chi connectivity index (χ3v) is 7.96. The van der Waals surface area contributed by atoms with Crippen LogP contribution in [0.2, 0.25) is 0 Å². The molecule has 0 aliphatic heterocycles. The average Bonchev–Trinajstić information content (AvgIpc) is 3.20. The summed E-state index contributed by atoms with van der Waals surface area (Å²) in [5.74, 6) is 3.42. The second-order valence-corrected chi connectivity index (χ2v) is 11.7. The van der Waals surface area contributed by atoms with Gasteiger partial charge in [-0.3, -0.25) is 19.6 Å². The summed E-state index contributed by atoms with van der Waals surface area (Å²) < 4.78 is 35.3. The van der Waals surface area contributed by atoms with Crippen LogP contribution >= 0.6 is 0 Å². The van der Waals surface area contributed by atoms with Gasteiger partial charge in [-0.25, -0.2) is 4.39 Å². The summed E-state index contributed by atoms with van der Waals surface area (Å²) in [4.78, 5) is 36.3. The van der Waals surface area contributed by atoms with Crippen molar-refractivity contribution in [1.29, 1.82) is 0 Å². The van der Waals surface area contributed by atoms with Gasteiger partial charge in [0.25, 0.3) is 0 Å². The van der Waals surface area contributed by atoms with Gasteiger partial charge in [-0.2, -0.15) is 0 Å². The fourth-order valence-corrected chi connectivity index (χ4v) is 5.39. The van der Waals surface area contributed by atoms with Gasteiger partial charge in [0.15, 0.2) is 11.5 Å². The van der Waals surface area contributed by atoms with Crippen LogP contribution in [0.25, 0.3) is 0 Å². The van der Waals surface area contributed by atoms with Crippen molar-refractivity contribution in [3.63, 3.8) is 0 Å². The Bertz CT molecular complexity index is 2100. The highest BCUT2D eigenvalue weighted by Gasteiger charge is 2.21. The molecular weight excluding hydrogens is 685 g/mol. The molecule has 0 fully saturated rings. The molecule has 0 unspecified atom stereocenters. The molecule has 2 heterocycles. The maximum absolute atomic E-state index is 12.5.